The molecule has 6 nitrogen and oxygen atoms in total. The van der Waals surface area contributed by atoms with Crippen molar-refractivity contribution >= 4 is 11.9 Å². The number of carboxylic acid groups (broad SMARTS) is 1. The quantitative estimate of drug-likeness (QED) is 0.754. The Labute approximate surface area is 107 Å². The number of carboxylic acids is 1. The van der Waals surface area contributed by atoms with Gasteiger partial charge < -0.3 is 20.5 Å². The molecule has 1 heterocycles. The van der Waals surface area contributed by atoms with E-state index in [-0.39, 0.29) is 12.5 Å². The van der Waals surface area contributed by atoms with Crippen LogP contribution in [0.4, 0.5) is 0 Å². The fourth-order valence-corrected chi connectivity index (χ4v) is 1.97. The largest absolute Gasteiger partial charge is 0.480 e. The molecule has 0 radical (unpaired) electrons. The van der Waals surface area contributed by atoms with Crippen LogP contribution in [-0.4, -0.2) is 52.7 Å². The highest BCUT2D eigenvalue weighted by Crippen LogP contribution is 2.24. The lowest BCUT2D eigenvalue weighted by Crippen LogP contribution is -2.62. The summed E-state index contributed by atoms with van der Waals surface area (Å²) in [6.45, 7) is 5.95. The lowest BCUT2D eigenvalue weighted by molar-refractivity contribution is -0.153. The van der Waals surface area contributed by atoms with Gasteiger partial charge in [-0.2, -0.15) is 0 Å². The van der Waals surface area contributed by atoms with Crippen LogP contribution in [0.15, 0.2) is 0 Å². The van der Waals surface area contributed by atoms with E-state index in [4.69, 9.17) is 15.6 Å². The van der Waals surface area contributed by atoms with Gasteiger partial charge in [0.05, 0.1) is 5.54 Å². The van der Waals surface area contributed by atoms with Crippen LogP contribution in [0.1, 0.15) is 33.6 Å². The predicted octanol–water partition coefficient (Wildman–Crippen LogP) is 0.206. The van der Waals surface area contributed by atoms with Gasteiger partial charge >= 0.3 is 5.97 Å². The highest BCUT2D eigenvalue weighted by atomic mass is 16.5. The van der Waals surface area contributed by atoms with Gasteiger partial charge in [-0.05, 0) is 33.6 Å². The van der Waals surface area contributed by atoms with Crippen molar-refractivity contribution < 1.29 is 19.4 Å². The SMILES string of the molecule is CC(C)(C)N(CC(=O)O)C(=O)C1(N)CCOCC1. The Morgan fingerprint density at radius 1 is 1.33 bits per heavy atom. The minimum atomic E-state index is -1.03. The van der Waals surface area contributed by atoms with Crippen molar-refractivity contribution in [1.29, 1.82) is 0 Å². The van der Waals surface area contributed by atoms with Crippen LogP contribution in [0.25, 0.3) is 0 Å². The van der Waals surface area contributed by atoms with E-state index in [0.29, 0.717) is 26.1 Å². The number of amides is 1. The standard InChI is InChI=1S/C12H22N2O4/c1-11(2,3)14(8-9(15)16)10(17)12(13)4-6-18-7-5-12/h4-8,13H2,1-3H3,(H,15,16). The van der Waals surface area contributed by atoms with Gasteiger partial charge in [-0.15, -0.1) is 0 Å². The van der Waals surface area contributed by atoms with Crippen LogP contribution in [0, 0.1) is 0 Å². The zero-order chi connectivity index (χ0) is 14.0. The van der Waals surface area contributed by atoms with Crippen molar-refractivity contribution in [3.05, 3.63) is 0 Å². The molecule has 0 aromatic carbocycles. The number of nitrogens with two attached hydrogens (primary N) is 1. The van der Waals surface area contributed by atoms with Crippen LogP contribution in [0.5, 0.6) is 0 Å². The predicted molar refractivity (Wildman–Crippen MR) is 66.1 cm³/mol. The summed E-state index contributed by atoms with van der Waals surface area (Å²) in [5.41, 5.74) is 4.54. The highest BCUT2D eigenvalue weighted by molar-refractivity contribution is 5.89. The van der Waals surface area contributed by atoms with Gasteiger partial charge in [0.1, 0.15) is 6.54 Å². The van der Waals surface area contributed by atoms with Crippen LogP contribution in [0.2, 0.25) is 0 Å². The Morgan fingerprint density at radius 3 is 2.22 bits per heavy atom. The van der Waals surface area contributed by atoms with E-state index in [1.54, 1.807) is 20.8 Å². The third-order valence-electron chi connectivity index (χ3n) is 3.16. The summed E-state index contributed by atoms with van der Waals surface area (Å²) >= 11 is 0. The van der Waals surface area contributed by atoms with Crippen molar-refractivity contribution in [2.24, 2.45) is 5.73 Å². The average molecular weight is 258 g/mol. The number of ether oxygens (including phenoxy) is 1. The van der Waals surface area contributed by atoms with E-state index in [2.05, 4.69) is 0 Å². The maximum absolute atomic E-state index is 12.5. The number of aliphatic carboxylic acids is 1. The van der Waals surface area contributed by atoms with E-state index in [1.165, 1.54) is 4.90 Å². The zero-order valence-electron chi connectivity index (χ0n) is 11.2. The Hall–Kier alpha value is -1.14. The Bertz CT molecular complexity index is 329. The Kier molecular flexibility index (Phi) is 4.34. The molecular formula is C12H22N2O4. The second-order valence-corrected chi connectivity index (χ2v) is 5.72. The van der Waals surface area contributed by atoms with Gasteiger partial charge in [0.15, 0.2) is 0 Å². The maximum atomic E-state index is 12.5. The maximum Gasteiger partial charge on any atom is 0.323 e. The minimum Gasteiger partial charge on any atom is -0.480 e. The topological polar surface area (TPSA) is 92.9 Å². The summed E-state index contributed by atoms with van der Waals surface area (Å²) in [5, 5.41) is 8.92. The van der Waals surface area contributed by atoms with Gasteiger partial charge in [-0.1, -0.05) is 0 Å². The smallest absolute Gasteiger partial charge is 0.323 e. The van der Waals surface area contributed by atoms with Crippen LogP contribution < -0.4 is 5.73 Å². The lowest BCUT2D eigenvalue weighted by Gasteiger charge is -2.42. The molecule has 18 heavy (non-hydrogen) atoms. The molecule has 0 spiro atoms. The fraction of sp³-hybridized carbons (Fsp3) is 0.833. The van der Waals surface area contributed by atoms with Crippen molar-refractivity contribution in [2.75, 3.05) is 19.8 Å². The number of hydrogen-bond acceptors (Lipinski definition) is 4. The molecule has 0 aliphatic carbocycles. The summed E-state index contributed by atoms with van der Waals surface area (Å²) in [5.74, 6) is -1.34. The molecule has 6 heteroatoms. The second-order valence-electron chi connectivity index (χ2n) is 5.72. The van der Waals surface area contributed by atoms with Crippen LogP contribution in [0.3, 0.4) is 0 Å². The monoisotopic (exact) mass is 258 g/mol. The molecule has 1 rings (SSSR count). The summed E-state index contributed by atoms with van der Waals surface area (Å²) in [4.78, 5) is 24.7. The van der Waals surface area contributed by atoms with Gasteiger partial charge in [0, 0.05) is 18.8 Å². The van der Waals surface area contributed by atoms with Crippen LogP contribution in [-0.2, 0) is 14.3 Å². The molecule has 1 saturated heterocycles. The zero-order valence-corrected chi connectivity index (χ0v) is 11.2. The van der Waals surface area contributed by atoms with Crippen LogP contribution >= 0.6 is 0 Å². The molecule has 0 aromatic heterocycles. The number of nitrogens with zero attached hydrogens (tertiary/aromatic N) is 1. The third-order valence-corrected chi connectivity index (χ3v) is 3.16. The molecule has 0 unspecified atom stereocenters. The van der Waals surface area contributed by atoms with E-state index in [9.17, 15) is 9.59 Å². The van der Waals surface area contributed by atoms with Crippen molar-refractivity contribution in [3.8, 4) is 0 Å². The number of carbonyl (C=O) groups is 2. The first-order valence-corrected chi connectivity index (χ1v) is 6.07. The molecular weight excluding hydrogens is 236 g/mol. The first-order valence-electron chi connectivity index (χ1n) is 6.07. The molecule has 0 atom stereocenters. The Balaban J connectivity index is 2.91. The van der Waals surface area contributed by atoms with Gasteiger partial charge in [0.2, 0.25) is 5.91 Å². The molecule has 1 aliphatic rings. The van der Waals surface area contributed by atoms with E-state index >= 15 is 0 Å². The van der Waals surface area contributed by atoms with Crippen molar-refractivity contribution in [3.63, 3.8) is 0 Å². The van der Waals surface area contributed by atoms with Gasteiger partial charge in [0.25, 0.3) is 0 Å². The van der Waals surface area contributed by atoms with Crippen molar-refractivity contribution in [1.82, 2.24) is 4.90 Å². The molecule has 0 aromatic rings. The lowest BCUT2D eigenvalue weighted by atomic mass is 9.88. The normalized spacial score (nSPS) is 19.3. The molecule has 1 aliphatic heterocycles. The molecule has 104 valence electrons. The molecule has 1 amide bonds. The highest BCUT2D eigenvalue weighted by Gasteiger charge is 2.42. The second kappa shape index (κ2) is 5.24. The summed E-state index contributed by atoms with van der Waals surface area (Å²) < 4.78 is 5.19. The van der Waals surface area contributed by atoms with E-state index in [1.807, 2.05) is 0 Å². The summed E-state index contributed by atoms with van der Waals surface area (Å²) in [6.07, 6.45) is 0.857. The fourth-order valence-electron chi connectivity index (χ4n) is 1.97. The van der Waals surface area contributed by atoms with Gasteiger partial charge in [-0.25, -0.2) is 0 Å². The first-order chi connectivity index (χ1) is 8.17. The molecule has 0 saturated carbocycles. The van der Waals surface area contributed by atoms with E-state index < -0.39 is 17.0 Å². The summed E-state index contributed by atoms with van der Waals surface area (Å²) in [7, 11) is 0. The average Bonchev–Trinajstić information content (AvgIpc) is 2.24. The molecule has 1 fully saturated rings. The number of carbonyl (C=O) groups excluding carboxylic acids is 1. The van der Waals surface area contributed by atoms with Crippen molar-refractivity contribution in [2.45, 2.75) is 44.7 Å². The Morgan fingerprint density at radius 2 is 1.83 bits per heavy atom. The summed E-state index contributed by atoms with van der Waals surface area (Å²) in [6, 6.07) is 0. The molecule has 3 N–H and O–H groups in total. The minimum absolute atomic E-state index is 0.305. The van der Waals surface area contributed by atoms with E-state index in [0.717, 1.165) is 0 Å². The number of hydrogen-bond donors (Lipinski definition) is 2. The van der Waals surface area contributed by atoms with Gasteiger partial charge in [-0.3, -0.25) is 9.59 Å². The molecule has 0 bridgehead atoms. The third kappa shape index (κ3) is 3.43. The number of rotatable bonds is 3. The first kappa shape index (κ1) is 14.9.